The molecular weight excluding hydrogens is 314 g/mol. The molecule has 1 aromatic rings. The summed E-state index contributed by atoms with van der Waals surface area (Å²) < 4.78 is 1.97. The Bertz CT molecular complexity index is 672. The van der Waals surface area contributed by atoms with E-state index < -0.39 is 5.60 Å². The third-order valence-corrected chi connectivity index (χ3v) is 6.62. The molecule has 0 radical (unpaired) electrons. The Balaban J connectivity index is 1.55. The van der Waals surface area contributed by atoms with Crippen LogP contribution < -0.4 is 5.32 Å². The molecular formula is C20H31N3O2. The third-order valence-electron chi connectivity index (χ3n) is 6.62. The smallest absolute Gasteiger partial charge is 0.254 e. The quantitative estimate of drug-likeness (QED) is 0.885. The second-order valence-corrected chi connectivity index (χ2v) is 9.63. The fraction of sp³-hybridized carbons (Fsp3) is 0.800. The molecule has 1 amide bonds. The van der Waals surface area contributed by atoms with Crippen molar-refractivity contribution >= 4 is 5.91 Å². The SMILES string of the molecule is CCc1c(C(=O)NC2[C@@H]3CC4C[C@H]2CC(O)(C4)C3)cnn1C(C)(C)C. The minimum absolute atomic E-state index is 0.0109. The first kappa shape index (κ1) is 17.1. The van der Waals surface area contributed by atoms with Gasteiger partial charge in [0.2, 0.25) is 0 Å². The first-order valence-electron chi connectivity index (χ1n) is 9.81. The number of amides is 1. The maximum atomic E-state index is 13.0. The van der Waals surface area contributed by atoms with Crippen molar-refractivity contribution in [1.82, 2.24) is 15.1 Å². The number of hydrogen-bond donors (Lipinski definition) is 2. The highest BCUT2D eigenvalue weighted by atomic mass is 16.3. The van der Waals surface area contributed by atoms with E-state index in [4.69, 9.17) is 0 Å². The minimum Gasteiger partial charge on any atom is -0.390 e. The van der Waals surface area contributed by atoms with E-state index in [1.165, 1.54) is 0 Å². The van der Waals surface area contributed by atoms with Crippen LogP contribution in [0.15, 0.2) is 6.20 Å². The van der Waals surface area contributed by atoms with Gasteiger partial charge in [0.25, 0.3) is 5.91 Å². The lowest BCUT2D eigenvalue weighted by molar-refractivity contribution is -0.136. The van der Waals surface area contributed by atoms with Crippen LogP contribution in [-0.4, -0.2) is 32.4 Å². The lowest BCUT2D eigenvalue weighted by Crippen LogP contribution is -2.61. The predicted octanol–water partition coefficient (Wildman–Crippen LogP) is 2.87. The second-order valence-electron chi connectivity index (χ2n) is 9.63. The Labute approximate surface area is 150 Å². The maximum Gasteiger partial charge on any atom is 0.254 e. The number of rotatable bonds is 3. The van der Waals surface area contributed by atoms with Gasteiger partial charge in [-0.3, -0.25) is 9.48 Å². The Morgan fingerprint density at radius 1 is 1.32 bits per heavy atom. The summed E-state index contributed by atoms with van der Waals surface area (Å²) >= 11 is 0. The maximum absolute atomic E-state index is 13.0. The summed E-state index contributed by atoms with van der Waals surface area (Å²) in [7, 11) is 0. The first-order valence-corrected chi connectivity index (χ1v) is 9.81. The first-order chi connectivity index (χ1) is 11.7. The number of carbonyl (C=O) groups excluding carboxylic acids is 1. The molecule has 25 heavy (non-hydrogen) atoms. The molecule has 5 nitrogen and oxygen atoms in total. The molecule has 4 fully saturated rings. The van der Waals surface area contributed by atoms with Gasteiger partial charge in [-0.2, -0.15) is 5.10 Å². The molecule has 5 rings (SSSR count). The zero-order valence-electron chi connectivity index (χ0n) is 15.9. The van der Waals surface area contributed by atoms with Gasteiger partial charge in [0.05, 0.1) is 28.6 Å². The molecule has 1 heterocycles. The second kappa shape index (κ2) is 5.57. The zero-order valence-corrected chi connectivity index (χ0v) is 15.9. The van der Waals surface area contributed by atoms with Crippen LogP contribution >= 0.6 is 0 Å². The van der Waals surface area contributed by atoms with E-state index in [9.17, 15) is 9.90 Å². The standard InChI is InChI=1S/C20H31N3O2/c1-5-16-15(11-21-23(16)19(2,3)4)18(24)22-17-13-6-12-7-14(17)10-20(25,8-12)9-13/h11-14,17,25H,5-10H2,1-4H3,(H,22,24)/t12?,13-,14+,17?,20?. The molecule has 4 aliphatic rings. The molecule has 5 heteroatoms. The Morgan fingerprint density at radius 3 is 2.48 bits per heavy atom. The molecule has 5 atom stereocenters. The van der Waals surface area contributed by atoms with Crippen molar-refractivity contribution < 1.29 is 9.90 Å². The largest absolute Gasteiger partial charge is 0.390 e. The van der Waals surface area contributed by atoms with Crippen LogP contribution in [0.3, 0.4) is 0 Å². The van der Waals surface area contributed by atoms with Crippen LogP contribution in [-0.2, 0) is 12.0 Å². The molecule has 1 aromatic heterocycles. The zero-order chi connectivity index (χ0) is 18.0. The average Bonchev–Trinajstić information content (AvgIpc) is 2.93. The number of nitrogens with zero attached hydrogens (tertiary/aromatic N) is 2. The molecule has 0 aliphatic heterocycles. The van der Waals surface area contributed by atoms with Crippen LogP contribution in [0, 0.1) is 17.8 Å². The monoisotopic (exact) mass is 345 g/mol. The van der Waals surface area contributed by atoms with Crippen LogP contribution in [0.5, 0.6) is 0 Å². The normalized spacial score (nSPS) is 36.7. The molecule has 0 saturated heterocycles. The minimum atomic E-state index is -0.455. The van der Waals surface area contributed by atoms with Gasteiger partial charge >= 0.3 is 0 Å². The van der Waals surface area contributed by atoms with Gasteiger partial charge in [-0.15, -0.1) is 0 Å². The molecule has 2 N–H and O–H groups in total. The van der Waals surface area contributed by atoms with E-state index in [1.807, 2.05) is 4.68 Å². The van der Waals surface area contributed by atoms with Crippen molar-refractivity contribution in [3.8, 4) is 0 Å². The lowest BCUT2D eigenvalue weighted by atomic mass is 9.52. The predicted molar refractivity (Wildman–Crippen MR) is 96.4 cm³/mol. The summed E-state index contributed by atoms with van der Waals surface area (Å²) in [6, 6.07) is 0.215. The lowest BCUT2D eigenvalue weighted by Gasteiger charge is -2.58. The molecule has 4 aliphatic carbocycles. The van der Waals surface area contributed by atoms with Crippen LogP contribution in [0.2, 0.25) is 0 Å². The fourth-order valence-corrected chi connectivity index (χ4v) is 5.93. The van der Waals surface area contributed by atoms with Crippen molar-refractivity contribution in [2.75, 3.05) is 0 Å². The number of aromatic nitrogens is 2. The van der Waals surface area contributed by atoms with E-state index >= 15 is 0 Å². The summed E-state index contributed by atoms with van der Waals surface area (Å²) in [4.78, 5) is 13.0. The van der Waals surface area contributed by atoms with Crippen LogP contribution in [0.4, 0.5) is 0 Å². The van der Waals surface area contributed by atoms with E-state index in [0.29, 0.717) is 23.3 Å². The molecule has 4 saturated carbocycles. The van der Waals surface area contributed by atoms with E-state index in [2.05, 4.69) is 38.1 Å². The summed E-state index contributed by atoms with van der Waals surface area (Å²) in [6.45, 7) is 8.41. The van der Waals surface area contributed by atoms with Gasteiger partial charge in [0.1, 0.15) is 0 Å². The Morgan fingerprint density at radius 2 is 1.96 bits per heavy atom. The average molecular weight is 345 g/mol. The number of nitrogens with one attached hydrogen (secondary N) is 1. The summed E-state index contributed by atoms with van der Waals surface area (Å²) in [5.74, 6) is 1.54. The Hall–Kier alpha value is -1.36. The number of carbonyl (C=O) groups is 1. The number of hydrogen-bond acceptors (Lipinski definition) is 3. The van der Waals surface area contributed by atoms with Gasteiger partial charge in [-0.1, -0.05) is 6.92 Å². The summed E-state index contributed by atoms with van der Waals surface area (Å²) in [6.07, 6.45) is 7.51. The van der Waals surface area contributed by atoms with E-state index in [0.717, 1.165) is 44.2 Å². The molecule has 3 unspecified atom stereocenters. The highest BCUT2D eigenvalue weighted by Crippen LogP contribution is 2.55. The van der Waals surface area contributed by atoms with Crippen molar-refractivity contribution in [2.24, 2.45) is 17.8 Å². The third kappa shape index (κ3) is 2.80. The molecule has 4 bridgehead atoms. The summed E-state index contributed by atoms with van der Waals surface area (Å²) in [5.41, 5.74) is 1.14. The van der Waals surface area contributed by atoms with Crippen molar-refractivity contribution in [3.63, 3.8) is 0 Å². The fourth-order valence-electron chi connectivity index (χ4n) is 5.93. The van der Waals surface area contributed by atoms with Crippen molar-refractivity contribution in [1.29, 1.82) is 0 Å². The molecule has 0 spiro atoms. The van der Waals surface area contributed by atoms with Gasteiger partial charge < -0.3 is 10.4 Å². The van der Waals surface area contributed by atoms with Gasteiger partial charge in [0.15, 0.2) is 0 Å². The van der Waals surface area contributed by atoms with Crippen LogP contribution in [0.25, 0.3) is 0 Å². The van der Waals surface area contributed by atoms with Crippen LogP contribution in [0.1, 0.15) is 75.9 Å². The van der Waals surface area contributed by atoms with Crippen molar-refractivity contribution in [3.05, 3.63) is 17.5 Å². The van der Waals surface area contributed by atoms with Gasteiger partial charge in [-0.05, 0) is 77.0 Å². The summed E-state index contributed by atoms with van der Waals surface area (Å²) in [5, 5.41) is 18.5. The molecule has 138 valence electrons. The highest BCUT2D eigenvalue weighted by Gasteiger charge is 2.55. The van der Waals surface area contributed by atoms with E-state index in [-0.39, 0.29) is 17.5 Å². The number of aliphatic hydroxyl groups is 1. The van der Waals surface area contributed by atoms with Gasteiger partial charge in [-0.25, -0.2) is 0 Å². The Kier molecular flexibility index (Phi) is 3.80. The molecule has 0 aromatic carbocycles. The van der Waals surface area contributed by atoms with Crippen molar-refractivity contribution in [2.45, 2.75) is 83.4 Å². The topological polar surface area (TPSA) is 67.2 Å². The van der Waals surface area contributed by atoms with E-state index in [1.54, 1.807) is 6.20 Å². The van der Waals surface area contributed by atoms with Gasteiger partial charge in [0, 0.05) is 6.04 Å². The highest BCUT2D eigenvalue weighted by molar-refractivity contribution is 5.95.